The molecule has 1 aromatic carbocycles. The highest BCUT2D eigenvalue weighted by Crippen LogP contribution is 2.14. The van der Waals surface area contributed by atoms with Crippen LogP contribution in [0.1, 0.15) is 24.8 Å². The summed E-state index contributed by atoms with van der Waals surface area (Å²) >= 11 is 0. The summed E-state index contributed by atoms with van der Waals surface area (Å²) in [5.41, 5.74) is 5.87. The molecule has 0 unspecified atom stereocenters. The van der Waals surface area contributed by atoms with Crippen molar-refractivity contribution < 1.29 is 15.0 Å². The SMILES string of the molecule is NCCCC[C@H](N=Cc1ccccc1O)C(=O)O. The zero-order valence-corrected chi connectivity index (χ0v) is 10.1. The molecule has 0 saturated heterocycles. The van der Waals surface area contributed by atoms with E-state index in [0.29, 0.717) is 18.5 Å². The topological polar surface area (TPSA) is 95.9 Å². The Kier molecular flexibility index (Phi) is 5.87. The summed E-state index contributed by atoms with van der Waals surface area (Å²) in [6.45, 7) is 0.551. The predicted molar refractivity (Wildman–Crippen MR) is 70.0 cm³/mol. The fourth-order valence-electron chi connectivity index (χ4n) is 1.51. The Morgan fingerprint density at radius 2 is 2.11 bits per heavy atom. The van der Waals surface area contributed by atoms with E-state index < -0.39 is 12.0 Å². The fraction of sp³-hybridized carbons (Fsp3) is 0.385. The van der Waals surface area contributed by atoms with E-state index in [1.165, 1.54) is 12.3 Å². The molecule has 0 aromatic heterocycles. The van der Waals surface area contributed by atoms with Crippen molar-refractivity contribution in [3.05, 3.63) is 29.8 Å². The molecule has 0 radical (unpaired) electrons. The van der Waals surface area contributed by atoms with Gasteiger partial charge in [0.2, 0.25) is 0 Å². The molecule has 1 atom stereocenters. The van der Waals surface area contributed by atoms with Gasteiger partial charge < -0.3 is 15.9 Å². The summed E-state index contributed by atoms with van der Waals surface area (Å²) in [7, 11) is 0. The van der Waals surface area contributed by atoms with Crippen molar-refractivity contribution in [1.82, 2.24) is 0 Å². The van der Waals surface area contributed by atoms with Crippen LogP contribution in [0.15, 0.2) is 29.3 Å². The number of aliphatic carboxylic acids is 1. The van der Waals surface area contributed by atoms with Crippen molar-refractivity contribution in [2.24, 2.45) is 10.7 Å². The number of phenols is 1. The van der Waals surface area contributed by atoms with Crippen LogP contribution in [0.5, 0.6) is 5.75 Å². The highest BCUT2D eigenvalue weighted by molar-refractivity contribution is 5.85. The maximum absolute atomic E-state index is 11.0. The number of hydrogen-bond acceptors (Lipinski definition) is 4. The molecule has 0 aliphatic carbocycles. The highest BCUT2D eigenvalue weighted by atomic mass is 16.4. The average Bonchev–Trinajstić information content (AvgIpc) is 2.35. The first-order chi connectivity index (χ1) is 8.65. The first-order valence-electron chi connectivity index (χ1n) is 5.89. The number of unbranched alkanes of at least 4 members (excludes halogenated alkanes) is 1. The number of hydrogen-bond donors (Lipinski definition) is 3. The summed E-state index contributed by atoms with van der Waals surface area (Å²) in [5.74, 6) is -0.869. The number of para-hydroxylation sites is 1. The van der Waals surface area contributed by atoms with Crippen LogP contribution in [0.4, 0.5) is 0 Å². The quantitative estimate of drug-likeness (QED) is 0.503. The molecule has 0 spiro atoms. The number of carboxylic acids is 1. The summed E-state index contributed by atoms with van der Waals surface area (Å²) in [6, 6.07) is 5.88. The molecule has 18 heavy (non-hydrogen) atoms. The Bertz CT molecular complexity index is 418. The van der Waals surface area contributed by atoms with Gasteiger partial charge in [-0.15, -0.1) is 0 Å². The summed E-state index contributed by atoms with van der Waals surface area (Å²) in [4.78, 5) is 15.0. The Morgan fingerprint density at radius 3 is 2.72 bits per heavy atom. The molecule has 1 rings (SSSR count). The van der Waals surface area contributed by atoms with E-state index in [0.717, 1.165) is 12.8 Å². The minimum absolute atomic E-state index is 0.0901. The molecular weight excluding hydrogens is 232 g/mol. The lowest BCUT2D eigenvalue weighted by Crippen LogP contribution is -2.18. The van der Waals surface area contributed by atoms with E-state index in [-0.39, 0.29) is 5.75 Å². The van der Waals surface area contributed by atoms with Crippen molar-refractivity contribution >= 4 is 12.2 Å². The fourth-order valence-corrected chi connectivity index (χ4v) is 1.51. The van der Waals surface area contributed by atoms with Crippen molar-refractivity contribution in [3.8, 4) is 5.75 Å². The molecule has 4 N–H and O–H groups in total. The maximum Gasteiger partial charge on any atom is 0.328 e. The summed E-state index contributed by atoms with van der Waals surface area (Å²) in [5, 5.41) is 18.5. The molecule has 98 valence electrons. The van der Waals surface area contributed by atoms with E-state index in [9.17, 15) is 9.90 Å². The van der Waals surface area contributed by atoms with E-state index in [1.54, 1.807) is 18.2 Å². The van der Waals surface area contributed by atoms with Gasteiger partial charge in [0.1, 0.15) is 11.8 Å². The van der Waals surface area contributed by atoms with Crippen LogP contribution < -0.4 is 5.73 Å². The first-order valence-corrected chi connectivity index (χ1v) is 5.89. The summed E-state index contributed by atoms with van der Waals surface area (Å²) in [6.07, 6.45) is 3.37. The van der Waals surface area contributed by atoms with Crippen molar-refractivity contribution in [2.45, 2.75) is 25.3 Å². The van der Waals surface area contributed by atoms with Crippen molar-refractivity contribution in [1.29, 1.82) is 0 Å². The zero-order chi connectivity index (χ0) is 13.4. The molecule has 0 aliphatic heterocycles. The number of benzene rings is 1. The lowest BCUT2D eigenvalue weighted by atomic mass is 10.1. The third-order valence-electron chi connectivity index (χ3n) is 2.55. The Balaban J connectivity index is 2.66. The van der Waals surface area contributed by atoms with Gasteiger partial charge in [0.15, 0.2) is 0 Å². The van der Waals surface area contributed by atoms with Crippen LogP contribution in [0.2, 0.25) is 0 Å². The van der Waals surface area contributed by atoms with Gasteiger partial charge in [0.25, 0.3) is 0 Å². The van der Waals surface area contributed by atoms with Gasteiger partial charge in [-0.2, -0.15) is 0 Å². The smallest absolute Gasteiger partial charge is 0.328 e. The monoisotopic (exact) mass is 250 g/mol. The number of rotatable bonds is 7. The minimum Gasteiger partial charge on any atom is -0.507 e. The predicted octanol–water partition coefficient (Wildman–Crippen LogP) is 1.39. The van der Waals surface area contributed by atoms with Gasteiger partial charge in [0.05, 0.1) is 0 Å². The van der Waals surface area contributed by atoms with E-state index in [2.05, 4.69) is 4.99 Å². The summed E-state index contributed by atoms with van der Waals surface area (Å²) < 4.78 is 0. The number of aromatic hydroxyl groups is 1. The number of carbonyl (C=O) groups is 1. The molecular formula is C13H18N2O3. The van der Waals surface area contributed by atoms with Crippen LogP contribution in [0.3, 0.4) is 0 Å². The van der Waals surface area contributed by atoms with Crippen molar-refractivity contribution in [2.75, 3.05) is 6.54 Å². The minimum atomic E-state index is -0.960. The standard InChI is InChI=1S/C13H18N2O3/c14-8-4-3-6-11(13(17)18)15-9-10-5-1-2-7-12(10)16/h1-2,5,7,9,11,16H,3-4,6,8,14H2,(H,17,18)/t11-/m0/s1. The van der Waals surface area contributed by atoms with E-state index in [4.69, 9.17) is 10.8 Å². The molecule has 0 heterocycles. The van der Waals surface area contributed by atoms with Crippen LogP contribution in [0.25, 0.3) is 0 Å². The molecule has 0 fully saturated rings. The maximum atomic E-state index is 11.0. The largest absolute Gasteiger partial charge is 0.507 e. The molecule has 1 aromatic rings. The van der Waals surface area contributed by atoms with Gasteiger partial charge in [-0.1, -0.05) is 12.1 Å². The molecule has 5 heteroatoms. The molecule has 0 amide bonds. The molecule has 0 aliphatic rings. The Labute approximate surface area is 106 Å². The van der Waals surface area contributed by atoms with Crippen molar-refractivity contribution in [3.63, 3.8) is 0 Å². The molecule has 0 saturated carbocycles. The number of nitrogens with two attached hydrogens (primary N) is 1. The van der Waals surface area contributed by atoms with Gasteiger partial charge >= 0.3 is 5.97 Å². The van der Waals surface area contributed by atoms with Crippen LogP contribution >= 0.6 is 0 Å². The van der Waals surface area contributed by atoms with Gasteiger partial charge in [0, 0.05) is 11.8 Å². The zero-order valence-electron chi connectivity index (χ0n) is 10.1. The average molecular weight is 250 g/mol. The number of nitrogens with zero attached hydrogens (tertiary/aromatic N) is 1. The van der Waals surface area contributed by atoms with Gasteiger partial charge in [-0.3, -0.25) is 4.99 Å². The normalized spacial score (nSPS) is 12.7. The third-order valence-corrected chi connectivity index (χ3v) is 2.55. The Morgan fingerprint density at radius 1 is 1.39 bits per heavy atom. The van der Waals surface area contributed by atoms with Gasteiger partial charge in [-0.05, 0) is 37.9 Å². The number of carboxylic acid groups (broad SMARTS) is 1. The lowest BCUT2D eigenvalue weighted by Gasteiger charge is -2.06. The number of aliphatic imine (C=N–C) groups is 1. The lowest BCUT2D eigenvalue weighted by molar-refractivity contribution is -0.138. The number of phenolic OH excluding ortho intramolecular Hbond substituents is 1. The van der Waals surface area contributed by atoms with Crippen LogP contribution in [0, 0.1) is 0 Å². The molecule has 5 nitrogen and oxygen atoms in total. The second-order valence-corrected chi connectivity index (χ2v) is 3.98. The first kappa shape index (κ1) is 14.2. The second-order valence-electron chi connectivity index (χ2n) is 3.98. The Hall–Kier alpha value is -1.88. The third kappa shape index (κ3) is 4.55. The van der Waals surface area contributed by atoms with Crippen LogP contribution in [-0.2, 0) is 4.79 Å². The van der Waals surface area contributed by atoms with Gasteiger partial charge in [-0.25, -0.2) is 4.79 Å². The van der Waals surface area contributed by atoms with Crippen LogP contribution in [-0.4, -0.2) is 35.0 Å². The molecule has 0 bridgehead atoms. The highest BCUT2D eigenvalue weighted by Gasteiger charge is 2.14. The van der Waals surface area contributed by atoms with E-state index >= 15 is 0 Å². The van der Waals surface area contributed by atoms with E-state index in [1.807, 2.05) is 0 Å². The second kappa shape index (κ2) is 7.45.